The molecule has 2 aromatic carbocycles. The van der Waals surface area contributed by atoms with E-state index in [-0.39, 0.29) is 6.04 Å². The zero-order valence-electron chi connectivity index (χ0n) is 12.2. The molecule has 0 amide bonds. The van der Waals surface area contributed by atoms with Gasteiger partial charge in [0, 0.05) is 18.0 Å². The summed E-state index contributed by atoms with van der Waals surface area (Å²) in [5, 5.41) is 0. The van der Waals surface area contributed by atoms with Crippen molar-refractivity contribution in [2.24, 2.45) is 11.7 Å². The zero-order chi connectivity index (χ0) is 14.2. The quantitative estimate of drug-likeness (QED) is 0.914. The van der Waals surface area contributed by atoms with E-state index in [0.717, 1.165) is 31.6 Å². The van der Waals surface area contributed by atoms with Gasteiger partial charge in [-0.05, 0) is 41.9 Å². The molecule has 0 radical (unpaired) electrons. The highest BCUT2D eigenvalue weighted by Crippen LogP contribution is 2.39. The molecular weight excluding hydrogens is 258 g/mol. The first-order valence-electron chi connectivity index (χ1n) is 7.90. The Morgan fingerprint density at radius 3 is 2.67 bits per heavy atom. The molecule has 108 valence electrons. The Kier molecular flexibility index (Phi) is 3.19. The molecule has 2 heteroatoms. The Morgan fingerprint density at radius 2 is 1.76 bits per heavy atom. The van der Waals surface area contributed by atoms with Crippen molar-refractivity contribution in [2.45, 2.75) is 31.7 Å². The Labute approximate surface area is 125 Å². The van der Waals surface area contributed by atoms with Gasteiger partial charge in [0.2, 0.25) is 0 Å². The first kappa shape index (κ1) is 12.9. The Bertz CT molecular complexity index is 664. The first-order chi connectivity index (χ1) is 10.3. The van der Waals surface area contributed by atoms with Gasteiger partial charge in [-0.25, -0.2) is 0 Å². The van der Waals surface area contributed by atoms with Gasteiger partial charge in [-0.2, -0.15) is 0 Å². The molecule has 0 spiro atoms. The molecule has 2 aliphatic rings. The number of fused-ring (bicyclic) bond motifs is 2. The SMILES string of the molecule is NC(c1cccc2c1OCC2)C1CCc2ccccc2C1. The van der Waals surface area contributed by atoms with Crippen molar-refractivity contribution < 1.29 is 4.74 Å². The van der Waals surface area contributed by atoms with Gasteiger partial charge in [0.25, 0.3) is 0 Å². The average Bonchev–Trinajstić information content (AvgIpc) is 3.02. The van der Waals surface area contributed by atoms with Crippen molar-refractivity contribution in [1.82, 2.24) is 0 Å². The highest BCUT2D eigenvalue weighted by Gasteiger charge is 2.28. The molecule has 2 atom stereocenters. The van der Waals surface area contributed by atoms with E-state index in [9.17, 15) is 0 Å². The van der Waals surface area contributed by atoms with Gasteiger partial charge in [0.15, 0.2) is 0 Å². The molecule has 2 N–H and O–H groups in total. The number of benzene rings is 2. The maximum atomic E-state index is 6.62. The van der Waals surface area contributed by atoms with E-state index >= 15 is 0 Å². The number of nitrogens with two attached hydrogens (primary N) is 1. The summed E-state index contributed by atoms with van der Waals surface area (Å²) < 4.78 is 5.83. The zero-order valence-corrected chi connectivity index (χ0v) is 12.2. The number of hydrogen-bond acceptors (Lipinski definition) is 2. The van der Waals surface area contributed by atoms with E-state index in [4.69, 9.17) is 10.5 Å². The monoisotopic (exact) mass is 279 g/mol. The van der Waals surface area contributed by atoms with Gasteiger partial charge in [-0.3, -0.25) is 0 Å². The van der Waals surface area contributed by atoms with Gasteiger partial charge in [-0.1, -0.05) is 42.5 Å². The molecule has 1 heterocycles. The lowest BCUT2D eigenvalue weighted by molar-refractivity contribution is 0.334. The minimum Gasteiger partial charge on any atom is -0.493 e. The molecule has 0 bridgehead atoms. The fourth-order valence-corrected chi connectivity index (χ4v) is 3.79. The predicted molar refractivity (Wildman–Crippen MR) is 84.5 cm³/mol. The van der Waals surface area contributed by atoms with Crippen LogP contribution in [0.1, 0.15) is 34.7 Å². The molecule has 0 fully saturated rings. The third kappa shape index (κ3) is 2.24. The third-order valence-electron chi connectivity index (χ3n) is 5.00. The number of aryl methyl sites for hydroxylation is 1. The van der Waals surface area contributed by atoms with Gasteiger partial charge in [0.1, 0.15) is 5.75 Å². The number of rotatable bonds is 2. The van der Waals surface area contributed by atoms with E-state index in [0.29, 0.717) is 5.92 Å². The van der Waals surface area contributed by atoms with Crippen LogP contribution in [0.4, 0.5) is 0 Å². The maximum absolute atomic E-state index is 6.62. The standard InChI is InChI=1S/C19H21NO/c20-18(17-7-3-6-14-10-11-21-19(14)17)16-9-8-13-4-1-2-5-15(13)12-16/h1-7,16,18H,8-12,20H2. The van der Waals surface area contributed by atoms with E-state index in [1.54, 1.807) is 0 Å². The first-order valence-corrected chi connectivity index (χ1v) is 7.90. The summed E-state index contributed by atoms with van der Waals surface area (Å²) in [6, 6.07) is 15.3. The van der Waals surface area contributed by atoms with Crippen molar-refractivity contribution in [3.8, 4) is 5.75 Å². The smallest absolute Gasteiger partial charge is 0.127 e. The van der Waals surface area contributed by atoms with Crippen LogP contribution in [0.15, 0.2) is 42.5 Å². The summed E-state index contributed by atoms with van der Waals surface area (Å²) >= 11 is 0. The minimum atomic E-state index is 0.0754. The van der Waals surface area contributed by atoms with Gasteiger partial charge >= 0.3 is 0 Å². The van der Waals surface area contributed by atoms with Crippen LogP contribution < -0.4 is 10.5 Å². The summed E-state index contributed by atoms with van der Waals surface area (Å²) in [7, 11) is 0. The van der Waals surface area contributed by atoms with Crippen molar-refractivity contribution in [3.05, 3.63) is 64.7 Å². The Hall–Kier alpha value is -1.80. The predicted octanol–water partition coefficient (Wildman–Crippen LogP) is 3.43. The summed E-state index contributed by atoms with van der Waals surface area (Å²) in [5.41, 5.74) is 12.1. The van der Waals surface area contributed by atoms with Crippen LogP contribution in [0.5, 0.6) is 5.75 Å². The molecule has 4 rings (SSSR count). The normalized spacial score (nSPS) is 21.3. The Morgan fingerprint density at radius 1 is 0.952 bits per heavy atom. The fourth-order valence-electron chi connectivity index (χ4n) is 3.79. The van der Waals surface area contributed by atoms with Crippen LogP contribution in [0, 0.1) is 5.92 Å². The van der Waals surface area contributed by atoms with E-state index in [1.165, 1.54) is 28.7 Å². The number of hydrogen-bond donors (Lipinski definition) is 1. The van der Waals surface area contributed by atoms with Crippen LogP contribution in [0.25, 0.3) is 0 Å². The second-order valence-corrected chi connectivity index (χ2v) is 6.23. The van der Waals surface area contributed by atoms with Crippen molar-refractivity contribution in [1.29, 1.82) is 0 Å². The van der Waals surface area contributed by atoms with Crippen LogP contribution in [-0.2, 0) is 19.3 Å². The lowest BCUT2D eigenvalue weighted by Crippen LogP contribution is -2.27. The van der Waals surface area contributed by atoms with E-state index in [1.807, 2.05) is 0 Å². The summed E-state index contributed by atoms with van der Waals surface area (Å²) in [4.78, 5) is 0. The number of para-hydroxylation sites is 1. The molecule has 0 saturated carbocycles. The van der Waals surface area contributed by atoms with Crippen LogP contribution >= 0.6 is 0 Å². The highest BCUT2D eigenvalue weighted by atomic mass is 16.5. The van der Waals surface area contributed by atoms with Gasteiger partial charge < -0.3 is 10.5 Å². The second kappa shape index (κ2) is 5.19. The molecule has 2 unspecified atom stereocenters. The second-order valence-electron chi connectivity index (χ2n) is 6.23. The van der Waals surface area contributed by atoms with Gasteiger partial charge in [-0.15, -0.1) is 0 Å². The largest absolute Gasteiger partial charge is 0.493 e. The summed E-state index contributed by atoms with van der Waals surface area (Å²) in [6.45, 7) is 0.798. The highest BCUT2D eigenvalue weighted by molar-refractivity contribution is 5.46. The third-order valence-corrected chi connectivity index (χ3v) is 5.00. The molecule has 0 aromatic heterocycles. The van der Waals surface area contributed by atoms with Crippen molar-refractivity contribution >= 4 is 0 Å². The number of ether oxygens (including phenoxy) is 1. The molecule has 2 nitrogen and oxygen atoms in total. The van der Waals surface area contributed by atoms with Crippen molar-refractivity contribution in [3.63, 3.8) is 0 Å². The fraction of sp³-hybridized carbons (Fsp3) is 0.368. The molecule has 0 saturated heterocycles. The summed E-state index contributed by atoms with van der Waals surface area (Å²) in [6.07, 6.45) is 4.41. The van der Waals surface area contributed by atoms with Crippen LogP contribution in [-0.4, -0.2) is 6.61 Å². The molecule has 2 aromatic rings. The summed E-state index contributed by atoms with van der Waals surface area (Å²) in [5.74, 6) is 1.57. The lowest BCUT2D eigenvalue weighted by atomic mass is 9.78. The van der Waals surface area contributed by atoms with Crippen LogP contribution in [0.3, 0.4) is 0 Å². The topological polar surface area (TPSA) is 35.2 Å². The maximum Gasteiger partial charge on any atom is 0.127 e. The molecule has 1 aliphatic heterocycles. The van der Waals surface area contributed by atoms with E-state index in [2.05, 4.69) is 42.5 Å². The van der Waals surface area contributed by atoms with E-state index < -0.39 is 0 Å². The van der Waals surface area contributed by atoms with Crippen molar-refractivity contribution in [2.75, 3.05) is 6.61 Å². The van der Waals surface area contributed by atoms with Gasteiger partial charge in [0.05, 0.1) is 6.61 Å². The lowest BCUT2D eigenvalue weighted by Gasteiger charge is -2.30. The Balaban J connectivity index is 1.62. The minimum absolute atomic E-state index is 0.0754. The molecule has 21 heavy (non-hydrogen) atoms. The average molecular weight is 279 g/mol. The molecular formula is C19H21NO. The van der Waals surface area contributed by atoms with Crippen LogP contribution in [0.2, 0.25) is 0 Å². The molecule has 1 aliphatic carbocycles.